The van der Waals surface area contributed by atoms with Gasteiger partial charge in [0.05, 0.1) is 12.0 Å². The molecule has 0 saturated heterocycles. The van der Waals surface area contributed by atoms with E-state index in [0.717, 1.165) is 10.8 Å². The molecular weight excluding hydrogens is 294 g/mol. The number of rotatable bonds is 7. The van der Waals surface area contributed by atoms with Crippen molar-refractivity contribution in [2.24, 2.45) is 5.92 Å². The number of hydrogen-bond donors (Lipinski definition) is 1. The number of hydrogen-bond acceptors (Lipinski definition) is 4. The van der Waals surface area contributed by atoms with Gasteiger partial charge in [-0.3, -0.25) is 4.79 Å². The molecule has 122 valence electrons. The SMILES string of the molecule is CC(C)C[C@@H](NC(=O)COc1ccc2ccccc2c1)C(=O)[O-]. The van der Waals surface area contributed by atoms with Gasteiger partial charge in [0.1, 0.15) is 5.75 Å². The van der Waals surface area contributed by atoms with E-state index in [9.17, 15) is 14.7 Å². The molecule has 5 nitrogen and oxygen atoms in total. The molecule has 0 bridgehead atoms. The van der Waals surface area contributed by atoms with Crippen molar-refractivity contribution in [2.75, 3.05) is 6.61 Å². The average Bonchev–Trinajstić information content (AvgIpc) is 2.51. The van der Waals surface area contributed by atoms with Crippen molar-refractivity contribution in [1.29, 1.82) is 0 Å². The van der Waals surface area contributed by atoms with Gasteiger partial charge in [0.15, 0.2) is 6.61 Å². The van der Waals surface area contributed by atoms with Crippen LogP contribution in [0.15, 0.2) is 42.5 Å². The van der Waals surface area contributed by atoms with Gasteiger partial charge in [-0.05, 0) is 35.2 Å². The fraction of sp³-hybridized carbons (Fsp3) is 0.333. The summed E-state index contributed by atoms with van der Waals surface area (Å²) >= 11 is 0. The maximum absolute atomic E-state index is 11.8. The molecule has 0 spiro atoms. The summed E-state index contributed by atoms with van der Waals surface area (Å²) in [5.74, 6) is -1.06. The molecule has 0 aliphatic rings. The van der Waals surface area contributed by atoms with Gasteiger partial charge in [-0.1, -0.05) is 44.2 Å². The highest BCUT2D eigenvalue weighted by Gasteiger charge is 2.15. The summed E-state index contributed by atoms with van der Waals surface area (Å²) < 4.78 is 5.44. The Balaban J connectivity index is 1.93. The number of fused-ring (bicyclic) bond motifs is 1. The van der Waals surface area contributed by atoms with E-state index in [1.165, 1.54) is 0 Å². The molecule has 1 amide bonds. The van der Waals surface area contributed by atoms with Gasteiger partial charge in [-0.2, -0.15) is 0 Å². The highest BCUT2D eigenvalue weighted by molar-refractivity contribution is 5.85. The zero-order valence-electron chi connectivity index (χ0n) is 13.2. The highest BCUT2D eigenvalue weighted by atomic mass is 16.5. The van der Waals surface area contributed by atoms with E-state index in [-0.39, 0.29) is 12.5 Å². The number of carbonyl (C=O) groups excluding carboxylic acids is 2. The summed E-state index contributed by atoms with van der Waals surface area (Å²) in [5, 5.41) is 15.5. The lowest BCUT2D eigenvalue weighted by atomic mass is 10.0. The molecule has 1 atom stereocenters. The third kappa shape index (κ3) is 4.98. The molecule has 0 heterocycles. The Kier molecular flexibility index (Phi) is 5.57. The summed E-state index contributed by atoms with van der Waals surface area (Å²) in [6.07, 6.45) is 0.323. The number of carboxylic acid groups (broad SMARTS) is 1. The predicted octanol–water partition coefficient (Wildman–Crippen LogP) is 1.50. The first-order valence-electron chi connectivity index (χ1n) is 7.57. The molecule has 0 radical (unpaired) electrons. The van der Waals surface area contributed by atoms with Gasteiger partial charge in [0, 0.05) is 0 Å². The second-order valence-electron chi connectivity index (χ2n) is 5.87. The van der Waals surface area contributed by atoms with E-state index in [1.807, 2.05) is 50.2 Å². The minimum Gasteiger partial charge on any atom is -0.548 e. The van der Waals surface area contributed by atoms with Crippen molar-refractivity contribution in [1.82, 2.24) is 5.32 Å². The van der Waals surface area contributed by atoms with Crippen molar-refractivity contribution in [3.05, 3.63) is 42.5 Å². The monoisotopic (exact) mass is 314 g/mol. The van der Waals surface area contributed by atoms with Crippen LogP contribution in [0.1, 0.15) is 20.3 Å². The Bertz CT molecular complexity index is 696. The van der Waals surface area contributed by atoms with Crippen LogP contribution in [0, 0.1) is 5.92 Å². The van der Waals surface area contributed by atoms with Gasteiger partial charge in [0.25, 0.3) is 5.91 Å². The second kappa shape index (κ2) is 7.63. The highest BCUT2D eigenvalue weighted by Crippen LogP contribution is 2.20. The van der Waals surface area contributed by atoms with Crippen LogP contribution in [0.3, 0.4) is 0 Å². The molecule has 0 fully saturated rings. The maximum Gasteiger partial charge on any atom is 0.258 e. The summed E-state index contributed by atoms with van der Waals surface area (Å²) in [6.45, 7) is 3.53. The van der Waals surface area contributed by atoms with Crippen LogP contribution in [0.25, 0.3) is 10.8 Å². The third-order valence-corrected chi connectivity index (χ3v) is 3.42. The largest absolute Gasteiger partial charge is 0.548 e. The molecule has 1 N–H and O–H groups in total. The maximum atomic E-state index is 11.8. The molecule has 2 rings (SSSR count). The molecule has 0 saturated carbocycles. The fourth-order valence-electron chi connectivity index (χ4n) is 2.33. The Morgan fingerprint density at radius 1 is 1.13 bits per heavy atom. The number of amides is 1. The number of carbonyl (C=O) groups is 2. The van der Waals surface area contributed by atoms with Crippen molar-refractivity contribution in [3.63, 3.8) is 0 Å². The molecule has 23 heavy (non-hydrogen) atoms. The zero-order chi connectivity index (χ0) is 16.8. The van der Waals surface area contributed by atoms with Crippen LogP contribution < -0.4 is 15.2 Å². The van der Waals surface area contributed by atoms with Crippen LogP contribution in [-0.2, 0) is 9.59 Å². The summed E-state index contributed by atoms with van der Waals surface area (Å²) in [5.41, 5.74) is 0. The molecule has 0 aromatic heterocycles. The van der Waals surface area contributed by atoms with Crippen LogP contribution in [-0.4, -0.2) is 24.5 Å². The normalized spacial score (nSPS) is 12.1. The van der Waals surface area contributed by atoms with Crippen LogP contribution in [0.4, 0.5) is 0 Å². The molecule has 2 aromatic rings. The Hall–Kier alpha value is -2.56. The van der Waals surface area contributed by atoms with Crippen LogP contribution in [0.2, 0.25) is 0 Å². The van der Waals surface area contributed by atoms with Crippen molar-refractivity contribution in [2.45, 2.75) is 26.3 Å². The number of benzene rings is 2. The summed E-state index contributed by atoms with van der Waals surface area (Å²) in [6, 6.07) is 12.3. The van der Waals surface area contributed by atoms with Crippen molar-refractivity contribution >= 4 is 22.6 Å². The van der Waals surface area contributed by atoms with Gasteiger partial charge in [0.2, 0.25) is 0 Å². The van der Waals surface area contributed by atoms with Crippen LogP contribution in [0.5, 0.6) is 5.75 Å². The Morgan fingerprint density at radius 3 is 2.48 bits per heavy atom. The van der Waals surface area contributed by atoms with E-state index < -0.39 is 17.9 Å². The average molecular weight is 314 g/mol. The van der Waals surface area contributed by atoms with E-state index in [0.29, 0.717) is 12.2 Å². The fourth-order valence-corrected chi connectivity index (χ4v) is 2.33. The summed E-state index contributed by atoms with van der Waals surface area (Å²) in [7, 11) is 0. The third-order valence-electron chi connectivity index (χ3n) is 3.42. The lowest BCUT2D eigenvalue weighted by molar-refractivity contribution is -0.308. The zero-order valence-corrected chi connectivity index (χ0v) is 13.2. The molecule has 0 unspecified atom stereocenters. The van der Waals surface area contributed by atoms with Crippen LogP contribution >= 0.6 is 0 Å². The first-order chi connectivity index (χ1) is 11.0. The van der Waals surface area contributed by atoms with Crippen molar-refractivity contribution < 1.29 is 19.4 Å². The summed E-state index contributed by atoms with van der Waals surface area (Å²) in [4.78, 5) is 22.9. The molecule has 2 aromatic carbocycles. The van der Waals surface area contributed by atoms with Crippen molar-refractivity contribution in [3.8, 4) is 5.75 Å². The smallest absolute Gasteiger partial charge is 0.258 e. The standard InChI is InChI=1S/C18H21NO4/c1-12(2)9-16(18(21)22)19-17(20)11-23-15-8-7-13-5-3-4-6-14(13)10-15/h3-8,10,12,16H,9,11H2,1-2H3,(H,19,20)(H,21,22)/p-1/t16-/m1/s1. The van der Waals surface area contributed by atoms with E-state index in [4.69, 9.17) is 4.74 Å². The quantitative estimate of drug-likeness (QED) is 0.840. The van der Waals surface area contributed by atoms with E-state index >= 15 is 0 Å². The van der Waals surface area contributed by atoms with Gasteiger partial charge in [-0.15, -0.1) is 0 Å². The number of carboxylic acids is 1. The molecular formula is C18H20NO4-. The Morgan fingerprint density at radius 2 is 1.83 bits per heavy atom. The van der Waals surface area contributed by atoms with E-state index in [2.05, 4.69) is 5.32 Å². The van der Waals surface area contributed by atoms with Gasteiger partial charge >= 0.3 is 0 Å². The molecule has 0 aliphatic heterocycles. The minimum atomic E-state index is -1.28. The van der Waals surface area contributed by atoms with Gasteiger partial charge < -0.3 is 20.0 Å². The Labute approximate surface area is 135 Å². The molecule has 0 aliphatic carbocycles. The predicted molar refractivity (Wildman–Crippen MR) is 85.8 cm³/mol. The second-order valence-corrected chi connectivity index (χ2v) is 5.87. The first kappa shape index (κ1) is 16.8. The minimum absolute atomic E-state index is 0.139. The number of ether oxygens (including phenoxy) is 1. The lowest BCUT2D eigenvalue weighted by Crippen LogP contribution is -2.49. The number of nitrogens with one attached hydrogen (secondary N) is 1. The van der Waals surface area contributed by atoms with E-state index in [1.54, 1.807) is 6.07 Å². The molecule has 5 heteroatoms. The number of aliphatic carboxylic acids is 1. The topological polar surface area (TPSA) is 78.5 Å². The lowest BCUT2D eigenvalue weighted by Gasteiger charge is -2.21. The first-order valence-corrected chi connectivity index (χ1v) is 7.57. The van der Waals surface area contributed by atoms with Gasteiger partial charge in [-0.25, -0.2) is 0 Å².